The Morgan fingerprint density at radius 2 is 2.29 bits per heavy atom. The molecule has 0 saturated carbocycles. The van der Waals surface area contributed by atoms with Gasteiger partial charge in [0.25, 0.3) is 5.91 Å². The first kappa shape index (κ1) is 16.0. The van der Waals surface area contributed by atoms with Crippen molar-refractivity contribution in [1.29, 1.82) is 0 Å². The number of nitrogens with one attached hydrogen (secondary N) is 2. The number of halogens is 1. The molecule has 0 spiro atoms. The van der Waals surface area contributed by atoms with E-state index in [0.717, 1.165) is 13.0 Å². The fourth-order valence-electron chi connectivity index (χ4n) is 2.13. The first-order valence-corrected chi connectivity index (χ1v) is 9.02. The molecule has 1 saturated heterocycles. The van der Waals surface area contributed by atoms with E-state index in [1.807, 2.05) is 6.92 Å². The molecule has 1 amide bonds. The Hall–Kier alpha value is -1.34. The second kappa shape index (κ2) is 6.62. The van der Waals surface area contributed by atoms with Crippen molar-refractivity contribution in [2.75, 3.05) is 23.4 Å². The average molecular weight is 332 g/mol. The zero-order valence-corrected chi connectivity index (χ0v) is 13.3. The SMILES string of the molecule is CCCNc1cc(C(=O)NC2CCS(=O)(=O)C2)c(Cl)cn1. The van der Waals surface area contributed by atoms with Crippen molar-refractivity contribution in [2.24, 2.45) is 0 Å². The van der Waals surface area contributed by atoms with Crippen molar-refractivity contribution in [2.45, 2.75) is 25.8 Å². The number of rotatable bonds is 5. The third-order valence-corrected chi connectivity index (χ3v) is 5.29. The van der Waals surface area contributed by atoms with Crippen molar-refractivity contribution >= 4 is 33.2 Å². The Balaban J connectivity index is 2.08. The highest BCUT2D eigenvalue weighted by molar-refractivity contribution is 7.91. The number of carbonyl (C=O) groups is 1. The number of anilines is 1. The lowest BCUT2D eigenvalue weighted by Crippen LogP contribution is -2.35. The first-order chi connectivity index (χ1) is 9.91. The van der Waals surface area contributed by atoms with E-state index >= 15 is 0 Å². The Kier molecular flexibility index (Phi) is 5.05. The third kappa shape index (κ3) is 4.31. The molecular formula is C13H18ClN3O3S. The zero-order valence-electron chi connectivity index (χ0n) is 11.7. The van der Waals surface area contributed by atoms with Gasteiger partial charge in [-0.2, -0.15) is 0 Å². The Bertz CT molecular complexity index is 634. The van der Waals surface area contributed by atoms with Gasteiger partial charge < -0.3 is 10.6 Å². The maximum Gasteiger partial charge on any atom is 0.253 e. The van der Waals surface area contributed by atoms with Gasteiger partial charge in [0, 0.05) is 18.8 Å². The van der Waals surface area contributed by atoms with Crippen LogP contribution in [0.25, 0.3) is 0 Å². The molecular weight excluding hydrogens is 314 g/mol. The monoisotopic (exact) mass is 331 g/mol. The number of nitrogens with zero attached hydrogens (tertiary/aromatic N) is 1. The van der Waals surface area contributed by atoms with Gasteiger partial charge in [-0.05, 0) is 18.9 Å². The van der Waals surface area contributed by atoms with Gasteiger partial charge in [-0.1, -0.05) is 18.5 Å². The summed E-state index contributed by atoms with van der Waals surface area (Å²) in [5, 5.41) is 6.04. The van der Waals surface area contributed by atoms with Crippen molar-refractivity contribution < 1.29 is 13.2 Å². The molecule has 0 bridgehead atoms. The van der Waals surface area contributed by atoms with Crippen LogP contribution in [0.4, 0.5) is 5.82 Å². The molecule has 21 heavy (non-hydrogen) atoms. The largest absolute Gasteiger partial charge is 0.370 e. The average Bonchev–Trinajstić information content (AvgIpc) is 2.76. The zero-order chi connectivity index (χ0) is 15.5. The first-order valence-electron chi connectivity index (χ1n) is 6.82. The molecule has 1 fully saturated rings. The molecule has 116 valence electrons. The van der Waals surface area contributed by atoms with Crippen molar-refractivity contribution in [3.63, 3.8) is 0 Å². The van der Waals surface area contributed by atoms with Crippen LogP contribution in [-0.2, 0) is 9.84 Å². The molecule has 2 rings (SSSR count). The molecule has 1 aliphatic heterocycles. The van der Waals surface area contributed by atoms with Crippen LogP contribution in [-0.4, -0.2) is 43.4 Å². The van der Waals surface area contributed by atoms with E-state index in [-0.39, 0.29) is 28.5 Å². The summed E-state index contributed by atoms with van der Waals surface area (Å²) in [6.07, 6.45) is 2.79. The minimum absolute atomic E-state index is 0.0115. The number of hydrogen-bond acceptors (Lipinski definition) is 5. The van der Waals surface area contributed by atoms with E-state index < -0.39 is 9.84 Å². The fraction of sp³-hybridized carbons (Fsp3) is 0.538. The predicted octanol–water partition coefficient (Wildman–Crippen LogP) is 1.47. The van der Waals surface area contributed by atoms with Crippen LogP contribution in [0.15, 0.2) is 12.3 Å². The molecule has 2 heterocycles. The van der Waals surface area contributed by atoms with E-state index in [4.69, 9.17) is 11.6 Å². The Morgan fingerprint density at radius 1 is 1.52 bits per heavy atom. The lowest BCUT2D eigenvalue weighted by molar-refractivity contribution is 0.0941. The maximum atomic E-state index is 12.2. The predicted molar refractivity (Wildman–Crippen MR) is 82.6 cm³/mol. The van der Waals surface area contributed by atoms with Gasteiger partial charge in [-0.3, -0.25) is 4.79 Å². The molecule has 1 aromatic heterocycles. The van der Waals surface area contributed by atoms with E-state index in [9.17, 15) is 13.2 Å². The summed E-state index contributed by atoms with van der Waals surface area (Å²) in [5.74, 6) is 0.308. The summed E-state index contributed by atoms with van der Waals surface area (Å²) in [4.78, 5) is 16.3. The molecule has 8 heteroatoms. The van der Waals surface area contributed by atoms with Crippen LogP contribution >= 0.6 is 11.6 Å². The van der Waals surface area contributed by atoms with Crippen LogP contribution in [0.5, 0.6) is 0 Å². The van der Waals surface area contributed by atoms with Crippen LogP contribution in [0.3, 0.4) is 0 Å². The lowest BCUT2D eigenvalue weighted by atomic mass is 10.2. The number of pyridine rings is 1. The number of carbonyl (C=O) groups excluding carboxylic acids is 1. The third-order valence-electron chi connectivity index (χ3n) is 3.22. The van der Waals surface area contributed by atoms with Crippen LogP contribution in [0.1, 0.15) is 30.1 Å². The van der Waals surface area contributed by atoms with E-state index in [0.29, 0.717) is 17.8 Å². The normalized spacial score (nSPS) is 20.2. The second-order valence-electron chi connectivity index (χ2n) is 5.05. The standard InChI is InChI=1S/C13H18ClN3O3S/c1-2-4-15-12-6-10(11(14)7-16-12)13(18)17-9-3-5-21(19,20)8-9/h6-7,9H,2-5,8H2,1H3,(H,15,16)(H,17,18). The Morgan fingerprint density at radius 3 is 2.90 bits per heavy atom. The van der Waals surface area contributed by atoms with E-state index in [1.165, 1.54) is 6.20 Å². The summed E-state index contributed by atoms with van der Waals surface area (Å²) in [6, 6.07) is 1.23. The number of amides is 1. The quantitative estimate of drug-likeness (QED) is 0.853. The van der Waals surface area contributed by atoms with Crippen LogP contribution in [0.2, 0.25) is 5.02 Å². The highest BCUT2D eigenvalue weighted by Crippen LogP contribution is 2.19. The smallest absolute Gasteiger partial charge is 0.253 e. The molecule has 1 aliphatic rings. The minimum Gasteiger partial charge on any atom is -0.370 e. The van der Waals surface area contributed by atoms with Gasteiger partial charge >= 0.3 is 0 Å². The number of sulfone groups is 1. The highest BCUT2D eigenvalue weighted by Gasteiger charge is 2.29. The fourth-order valence-corrected chi connectivity index (χ4v) is 4.00. The van der Waals surface area contributed by atoms with Gasteiger partial charge in [-0.25, -0.2) is 13.4 Å². The maximum absolute atomic E-state index is 12.2. The topological polar surface area (TPSA) is 88.2 Å². The van der Waals surface area contributed by atoms with Gasteiger partial charge in [-0.15, -0.1) is 0 Å². The summed E-state index contributed by atoms with van der Waals surface area (Å²) in [5.41, 5.74) is 0.301. The van der Waals surface area contributed by atoms with Gasteiger partial charge in [0.15, 0.2) is 9.84 Å². The summed E-state index contributed by atoms with van der Waals surface area (Å²) >= 11 is 6.00. The van der Waals surface area contributed by atoms with Crippen LogP contribution in [0, 0.1) is 0 Å². The molecule has 1 aromatic rings. The van der Waals surface area contributed by atoms with Gasteiger partial charge in [0.2, 0.25) is 0 Å². The summed E-state index contributed by atoms with van der Waals surface area (Å²) in [6.45, 7) is 2.77. The molecule has 0 radical (unpaired) electrons. The summed E-state index contributed by atoms with van der Waals surface area (Å²) < 4.78 is 22.8. The molecule has 1 atom stereocenters. The van der Waals surface area contributed by atoms with E-state index in [1.54, 1.807) is 6.07 Å². The van der Waals surface area contributed by atoms with Crippen LogP contribution < -0.4 is 10.6 Å². The number of aromatic nitrogens is 1. The van der Waals surface area contributed by atoms with Gasteiger partial charge in [0.1, 0.15) is 5.82 Å². The van der Waals surface area contributed by atoms with Gasteiger partial charge in [0.05, 0.1) is 22.1 Å². The van der Waals surface area contributed by atoms with Crippen molar-refractivity contribution in [3.8, 4) is 0 Å². The Labute approximate surface area is 129 Å². The summed E-state index contributed by atoms with van der Waals surface area (Å²) in [7, 11) is -3.03. The number of hydrogen-bond donors (Lipinski definition) is 2. The lowest BCUT2D eigenvalue weighted by Gasteiger charge is -2.12. The highest BCUT2D eigenvalue weighted by atomic mass is 35.5. The van der Waals surface area contributed by atoms with Crippen molar-refractivity contribution in [1.82, 2.24) is 10.3 Å². The van der Waals surface area contributed by atoms with Crippen molar-refractivity contribution in [3.05, 3.63) is 22.8 Å². The molecule has 0 aromatic carbocycles. The molecule has 2 N–H and O–H groups in total. The second-order valence-corrected chi connectivity index (χ2v) is 7.69. The molecule has 0 aliphatic carbocycles. The van der Waals surface area contributed by atoms with E-state index in [2.05, 4.69) is 15.6 Å². The minimum atomic E-state index is -3.03. The molecule has 1 unspecified atom stereocenters. The molecule has 6 nitrogen and oxygen atoms in total.